The van der Waals surface area contributed by atoms with Gasteiger partial charge in [0.25, 0.3) is 5.91 Å². The average molecular weight is 537 g/mol. The number of carboxylic acid groups (broad SMARTS) is 1. The van der Waals surface area contributed by atoms with Gasteiger partial charge in [0.05, 0.1) is 11.1 Å². The summed E-state index contributed by atoms with van der Waals surface area (Å²) in [5.41, 5.74) is 0.157. The lowest BCUT2D eigenvalue weighted by atomic mass is 10.1. The van der Waals surface area contributed by atoms with Crippen LogP contribution in [0, 0.1) is 0 Å². The first-order valence-corrected chi connectivity index (χ1v) is 11.0. The van der Waals surface area contributed by atoms with Crippen LogP contribution in [0.15, 0.2) is 72.8 Å². The number of benzene rings is 3. The van der Waals surface area contributed by atoms with Gasteiger partial charge in [-0.1, -0.05) is 40.9 Å². The van der Waals surface area contributed by atoms with Crippen LogP contribution in [0.4, 0.5) is 5.69 Å². The number of ether oxygens (including phenoxy) is 2. The fourth-order valence-corrected chi connectivity index (χ4v) is 3.26. The van der Waals surface area contributed by atoms with Crippen molar-refractivity contribution in [3.63, 3.8) is 0 Å². The molecule has 0 radical (unpaired) electrons. The normalized spacial score (nSPS) is 12.2. The Hall–Kier alpha value is -3.59. The van der Waals surface area contributed by atoms with E-state index in [1.165, 1.54) is 60.7 Å². The molecular formula is C24H16Cl3NO7. The summed E-state index contributed by atoms with van der Waals surface area (Å²) in [5.74, 6) is -4.90. The predicted octanol–water partition coefficient (Wildman–Crippen LogP) is 5.12. The first-order chi connectivity index (χ1) is 16.6. The van der Waals surface area contributed by atoms with E-state index in [4.69, 9.17) is 44.3 Å². The van der Waals surface area contributed by atoms with E-state index in [0.717, 1.165) is 0 Å². The van der Waals surface area contributed by atoms with Crippen LogP contribution in [0.3, 0.4) is 0 Å². The number of hydrogen-bond donors (Lipinski definition) is 2. The van der Waals surface area contributed by atoms with Gasteiger partial charge < -0.3 is 19.9 Å². The van der Waals surface area contributed by atoms with Crippen LogP contribution in [0.1, 0.15) is 20.7 Å². The Kier molecular flexibility index (Phi) is 8.70. The first-order valence-electron chi connectivity index (χ1n) is 9.86. The Labute approximate surface area is 214 Å². The lowest BCUT2D eigenvalue weighted by molar-refractivity contribution is -0.157. The van der Waals surface area contributed by atoms with E-state index < -0.39 is 36.0 Å². The van der Waals surface area contributed by atoms with Crippen molar-refractivity contribution in [1.29, 1.82) is 0 Å². The maximum absolute atomic E-state index is 13.0. The third-order valence-corrected chi connectivity index (χ3v) is 5.24. The zero-order chi connectivity index (χ0) is 25.5. The van der Waals surface area contributed by atoms with Gasteiger partial charge in [-0.2, -0.15) is 0 Å². The molecule has 0 aliphatic heterocycles. The molecule has 3 aromatic carbocycles. The molecule has 180 valence electrons. The predicted molar refractivity (Wildman–Crippen MR) is 129 cm³/mol. The summed E-state index contributed by atoms with van der Waals surface area (Å²) < 4.78 is 10.3. The van der Waals surface area contributed by atoms with E-state index in [1.807, 2.05) is 0 Å². The van der Waals surface area contributed by atoms with Crippen LogP contribution in [-0.4, -0.2) is 41.1 Å². The van der Waals surface area contributed by atoms with Crippen LogP contribution in [0.2, 0.25) is 15.1 Å². The smallest absolute Gasteiger partial charge is 0.349 e. The lowest BCUT2D eigenvalue weighted by Crippen LogP contribution is -2.48. The van der Waals surface area contributed by atoms with Crippen LogP contribution < -0.4 is 5.32 Å². The minimum Gasteiger partial charge on any atom is -0.478 e. The van der Waals surface area contributed by atoms with Crippen molar-refractivity contribution in [1.82, 2.24) is 0 Å². The largest absolute Gasteiger partial charge is 0.478 e. The van der Waals surface area contributed by atoms with Crippen molar-refractivity contribution in [2.45, 2.75) is 12.2 Å². The molecular weight excluding hydrogens is 521 g/mol. The van der Waals surface area contributed by atoms with E-state index in [9.17, 15) is 24.3 Å². The lowest BCUT2D eigenvalue weighted by Gasteiger charge is -2.23. The van der Waals surface area contributed by atoms with Gasteiger partial charge in [-0.05, 0) is 66.7 Å². The zero-order valence-electron chi connectivity index (χ0n) is 17.6. The monoisotopic (exact) mass is 535 g/mol. The number of rotatable bonds is 8. The molecule has 3 aromatic rings. The molecule has 0 spiro atoms. The second-order valence-electron chi connectivity index (χ2n) is 7.00. The number of amides is 1. The van der Waals surface area contributed by atoms with E-state index >= 15 is 0 Å². The maximum Gasteiger partial charge on any atom is 0.349 e. The molecule has 35 heavy (non-hydrogen) atoms. The molecule has 11 heteroatoms. The van der Waals surface area contributed by atoms with Crippen molar-refractivity contribution in [3.05, 3.63) is 99.0 Å². The molecule has 0 aromatic heterocycles. The molecule has 0 aliphatic carbocycles. The minimum absolute atomic E-state index is 0.0110. The van der Waals surface area contributed by atoms with E-state index in [-0.39, 0.29) is 16.8 Å². The number of nitrogens with one attached hydrogen (secondary N) is 1. The van der Waals surface area contributed by atoms with Crippen LogP contribution in [-0.2, 0) is 19.1 Å². The molecule has 0 saturated heterocycles. The van der Waals surface area contributed by atoms with Crippen molar-refractivity contribution in [2.75, 3.05) is 5.32 Å². The highest BCUT2D eigenvalue weighted by atomic mass is 35.5. The Morgan fingerprint density at radius 3 is 1.63 bits per heavy atom. The molecule has 3 rings (SSSR count). The van der Waals surface area contributed by atoms with Crippen molar-refractivity contribution in [2.24, 2.45) is 0 Å². The van der Waals surface area contributed by atoms with Gasteiger partial charge in [-0.25, -0.2) is 14.4 Å². The van der Waals surface area contributed by atoms with Gasteiger partial charge in [-0.3, -0.25) is 4.79 Å². The standard InChI is InChI=1S/C24H16Cl3NO7/c25-15-8-4-13(5-9-15)23(32)34-19(21(29)28-18-3-1-2-17(27)12-18)20(22(30)31)35-24(33)14-6-10-16(26)11-7-14/h1-12,19-20H,(H,28,29)(H,30,31)/t19-,20+/m0/s1. The van der Waals surface area contributed by atoms with Gasteiger partial charge >= 0.3 is 17.9 Å². The van der Waals surface area contributed by atoms with Gasteiger partial charge in [0, 0.05) is 20.8 Å². The quantitative estimate of drug-likeness (QED) is 0.383. The number of halogens is 3. The fourth-order valence-electron chi connectivity index (χ4n) is 2.81. The number of aliphatic carboxylic acids is 1. The fraction of sp³-hybridized carbons (Fsp3) is 0.0833. The molecule has 0 fully saturated rings. The SMILES string of the molecule is O=C(O[C@H](C(=O)Nc1cccc(Cl)c1)[C@@H](OC(=O)c1ccc(Cl)cc1)C(=O)O)c1ccc(Cl)cc1. The second-order valence-corrected chi connectivity index (χ2v) is 8.31. The molecule has 2 atom stereocenters. The second kappa shape index (κ2) is 11.7. The number of esters is 2. The van der Waals surface area contributed by atoms with E-state index in [2.05, 4.69) is 5.32 Å². The summed E-state index contributed by atoms with van der Waals surface area (Å²) in [6, 6.07) is 16.9. The zero-order valence-corrected chi connectivity index (χ0v) is 19.9. The van der Waals surface area contributed by atoms with Crippen LogP contribution in [0.25, 0.3) is 0 Å². The van der Waals surface area contributed by atoms with Crippen molar-refractivity contribution >= 4 is 64.3 Å². The van der Waals surface area contributed by atoms with Crippen LogP contribution in [0.5, 0.6) is 0 Å². The summed E-state index contributed by atoms with van der Waals surface area (Å²) in [4.78, 5) is 50.3. The molecule has 2 N–H and O–H groups in total. The summed E-state index contributed by atoms with van der Waals surface area (Å²) in [6.45, 7) is 0. The maximum atomic E-state index is 13.0. The third-order valence-electron chi connectivity index (χ3n) is 4.50. The third kappa shape index (κ3) is 7.19. The van der Waals surface area contributed by atoms with Gasteiger partial charge in [0.2, 0.25) is 12.2 Å². The highest BCUT2D eigenvalue weighted by molar-refractivity contribution is 6.31. The summed E-state index contributed by atoms with van der Waals surface area (Å²) in [7, 11) is 0. The average Bonchev–Trinajstić information content (AvgIpc) is 2.81. The molecule has 0 bridgehead atoms. The summed E-state index contributed by atoms with van der Waals surface area (Å²) >= 11 is 17.6. The number of carbonyl (C=O) groups is 4. The molecule has 0 saturated carbocycles. The van der Waals surface area contributed by atoms with Crippen molar-refractivity contribution < 1.29 is 33.8 Å². The van der Waals surface area contributed by atoms with Gasteiger partial charge in [0.1, 0.15) is 0 Å². The topological polar surface area (TPSA) is 119 Å². The first kappa shape index (κ1) is 26.0. The number of anilines is 1. The molecule has 8 nitrogen and oxygen atoms in total. The highest BCUT2D eigenvalue weighted by Gasteiger charge is 2.41. The highest BCUT2D eigenvalue weighted by Crippen LogP contribution is 2.19. The summed E-state index contributed by atoms with van der Waals surface area (Å²) in [5, 5.41) is 13.1. The Morgan fingerprint density at radius 1 is 0.686 bits per heavy atom. The van der Waals surface area contributed by atoms with Crippen molar-refractivity contribution in [3.8, 4) is 0 Å². The number of carboxylic acids is 1. The number of carbonyl (C=O) groups excluding carboxylic acids is 3. The van der Waals surface area contributed by atoms with E-state index in [0.29, 0.717) is 15.1 Å². The number of hydrogen-bond acceptors (Lipinski definition) is 6. The van der Waals surface area contributed by atoms with Crippen LogP contribution >= 0.6 is 34.8 Å². The Balaban J connectivity index is 1.90. The van der Waals surface area contributed by atoms with Gasteiger partial charge in [0.15, 0.2) is 0 Å². The summed E-state index contributed by atoms with van der Waals surface area (Å²) in [6.07, 6.45) is -4.25. The Bertz CT molecular complexity index is 1250. The molecule has 0 aliphatic rings. The van der Waals surface area contributed by atoms with E-state index in [1.54, 1.807) is 12.1 Å². The molecule has 0 heterocycles. The molecule has 1 amide bonds. The molecule has 0 unspecified atom stereocenters. The van der Waals surface area contributed by atoms with Gasteiger partial charge in [-0.15, -0.1) is 0 Å². The Morgan fingerprint density at radius 2 is 1.17 bits per heavy atom. The minimum atomic E-state index is -2.19.